The van der Waals surface area contributed by atoms with Crippen molar-refractivity contribution >= 4 is 22.6 Å². The van der Waals surface area contributed by atoms with Crippen molar-refractivity contribution in [3.8, 4) is 0 Å². The number of nitrogens with one attached hydrogen (secondary N) is 1. The maximum absolute atomic E-state index is 9.76. The molecule has 0 radical (unpaired) electrons. The van der Waals surface area contributed by atoms with Gasteiger partial charge in [-0.15, -0.1) is 0 Å². The van der Waals surface area contributed by atoms with Gasteiger partial charge in [0.1, 0.15) is 0 Å². The molecule has 0 aromatic heterocycles. The van der Waals surface area contributed by atoms with E-state index < -0.39 is 0 Å². The van der Waals surface area contributed by atoms with Gasteiger partial charge in [-0.3, -0.25) is 0 Å². The Morgan fingerprint density at radius 3 is 2.83 bits per heavy atom. The van der Waals surface area contributed by atoms with Crippen LogP contribution < -0.4 is 5.32 Å². The third-order valence-corrected chi connectivity index (χ3v) is 4.72. The van der Waals surface area contributed by atoms with Crippen LogP contribution in [0.3, 0.4) is 0 Å². The van der Waals surface area contributed by atoms with Gasteiger partial charge in [-0.2, -0.15) is 0 Å². The number of rotatable bonds is 0. The highest BCUT2D eigenvalue weighted by Crippen LogP contribution is 2.35. The third-order valence-electron chi connectivity index (χ3n) is 3.17. The van der Waals surface area contributed by atoms with Crippen molar-refractivity contribution in [1.29, 1.82) is 0 Å². The molecule has 2 aliphatic rings. The first-order valence-corrected chi connectivity index (χ1v) is 6.09. The average molecular weight is 281 g/mol. The van der Waals surface area contributed by atoms with Gasteiger partial charge in [0.15, 0.2) is 0 Å². The van der Waals surface area contributed by atoms with Crippen molar-refractivity contribution in [3.05, 3.63) is 0 Å². The SMILES string of the molecule is OC1CCC(I)C2CCCNC12. The Labute approximate surface area is 87.3 Å². The lowest BCUT2D eigenvalue weighted by Gasteiger charge is -2.42. The quantitative estimate of drug-likeness (QED) is 0.518. The van der Waals surface area contributed by atoms with Crippen LogP contribution in [0.25, 0.3) is 0 Å². The fraction of sp³-hybridized carbons (Fsp3) is 1.00. The molecular formula is C9H16INO. The molecule has 2 nitrogen and oxygen atoms in total. The van der Waals surface area contributed by atoms with E-state index in [1.807, 2.05) is 0 Å². The highest BCUT2D eigenvalue weighted by atomic mass is 127. The zero-order valence-corrected chi connectivity index (χ0v) is 9.33. The van der Waals surface area contributed by atoms with E-state index >= 15 is 0 Å². The van der Waals surface area contributed by atoms with E-state index in [1.54, 1.807) is 0 Å². The molecule has 0 aromatic rings. The van der Waals surface area contributed by atoms with Gasteiger partial charge < -0.3 is 10.4 Å². The minimum Gasteiger partial charge on any atom is -0.391 e. The number of aliphatic hydroxyl groups excluding tert-OH is 1. The molecule has 0 bridgehead atoms. The Kier molecular flexibility index (Phi) is 2.92. The normalized spacial score (nSPS) is 48.5. The van der Waals surface area contributed by atoms with Crippen molar-refractivity contribution in [2.45, 2.75) is 41.8 Å². The summed E-state index contributed by atoms with van der Waals surface area (Å²) in [4.78, 5) is 0. The molecule has 2 rings (SSSR count). The minimum absolute atomic E-state index is 0.0821. The molecule has 1 saturated carbocycles. The number of fused-ring (bicyclic) bond motifs is 1. The lowest BCUT2D eigenvalue weighted by Crippen LogP contribution is -2.54. The average Bonchev–Trinajstić information content (AvgIpc) is 2.12. The first-order valence-electron chi connectivity index (χ1n) is 4.84. The van der Waals surface area contributed by atoms with Crippen LogP contribution in [0, 0.1) is 5.92 Å². The standard InChI is InChI=1S/C9H16INO/c10-7-3-4-8(12)9-6(7)2-1-5-11-9/h6-9,11-12H,1-5H2. The van der Waals surface area contributed by atoms with Crippen molar-refractivity contribution in [3.63, 3.8) is 0 Å². The largest absolute Gasteiger partial charge is 0.391 e. The summed E-state index contributed by atoms with van der Waals surface area (Å²) in [6, 6.07) is 0.398. The van der Waals surface area contributed by atoms with Crippen LogP contribution in [-0.4, -0.2) is 27.7 Å². The highest BCUT2D eigenvalue weighted by Gasteiger charge is 2.38. The predicted molar refractivity (Wildman–Crippen MR) is 57.6 cm³/mol. The maximum atomic E-state index is 9.76. The van der Waals surface area contributed by atoms with Gasteiger partial charge in [0, 0.05) is 9.97 Å². The van der Waals surface area contributed by atoms with Crippen LogP contribution in [0.1, 0.15) is 25.7 Å². The van der Waals surface area contributed by atoms with Gasteiger partial charge in [-0.25, -0.2) is 0 Å². The van der Waals surface area contributed by atoms with Crippen LogP contribution in [-0.2, 0) is 0 Å². The number of halogens is 1. The molecule has 1 heterocycles. The molecule has 0 aromatic carbocycles. The molecular weight excluding hydrogens is 265 g/mol. The number of hydrogen-bond acceptors (Lipinski definition) is 2. The molecule has 70 valence electrons. The molecule has 2 N–H and O–H groups in total. The summed E-state index contributed by atoms with van der Waals surface area (Å²) in [6.07, 6.45) is 4.70. The molecule has 1 saturated heterocycles. The second-order valence-electron chi connectivity index (χ2n) is 3.95. The molecule has 0 spiro atoms. The smallest absolute Gasteiger partial charge is 0.0696 e. The summed E-state index contributed by atoms with van der Waals surface area (Å²) in [6.45, 7) is 1.10. The summed E-state index contributed by atoms with van der Waals surface area (Å²) in [5.41, 5.74) is 0. The van der Waals surface area contributed by atoms with E-state index in [2.05, 4.69) is 27.9 Å². The molecule has 0 amide bonds. The van der Waals surface area contributed by atoms with E-state index in [4.69, 9.17) is 0 Å². The maximum Gasteiger partial charge on any atom is 0.0696 e. The third kappa shape index (κ3) is 1.63. The van der Waals surface area contributed by atoms with E-state index in [0.717, 1.165) is 22.8 Å². The fourth-order valence-electron chi connectivity index (χ4n) is 2.49. The zero-order chi connectivity index (χ0) is 8.55. The van der Waals surface area contributed by atoms with Gasteiger partial charge in [-0.05, 0) is 38.1 Å². The summed E-state index contributed by atoms with van der Waals surface area (Å²) >= 11 is 2.55. The molecule has 4 atom stereocenters. The Morgan fingerprint density at radius 1 is 1.25 bits per heavy atom. The van der Waals surface area contributed by atoms with Gasteiger partial charge in [-0.1, -0.05) is 22.6 Å². The lowest BCUT2D eigenvalue weighted by molar-refractivity contribution is 0.0483. The topological polar surface area (TPSA) is 32.3 Å². The molecule has 2 fully saturated rings. The predicted octanol–water partition coefficient (Wildman–Crippen LogP) is 1.31. The first-order chi connectivity index (χ1) is 5.79. The Balaban J connectivity index is 2.05. The molecule has 4 unspecified atom stereocenters. The summed E-state index contributed by atoms with van der Waals surface area (Å²) < 4.78 is 0.781. The van der Waals surface area contributed by atoms with Crippen LogP contribution >= 0.6 is 22.6 Å². The summed E-state index contributed by atoms with van der Waals surface area (Å²) in [5.74, 6) is 0.725. The molecule has 3 heteroatoms. The number of alkyl halides is 1. The van der Waals surface area contributed by atoms with Gasteiger partial charge in [0.25, 0.3) is 0 Å². The Bertz CT molecular complexity index is 147. The molecule has 1 aliphatic carbocycles. The van der Waals surface area contributed by atoms with E-state index in [1.165, 1.54) is 19.3 Å². The van der Waals surface area contributed by atoms with E-state index in [9.17, 15) is 5.11 Å². The lowest BCUT2D eigenvalue weighted by atomic mass is 9.78. The highest BCUT2D eigenvalue weighted by molar-refractivity contribution is 14.1. The second kappa shape index (κ2) is 3.80. The van der Waals surface area contributed by atoms with Gasteiger partial charge in [0.05, 0.1) is 6.10 Å². The van der Waals surface area contributed by atoms with Crippen molar-refractivity contribution in [1.82, 2.24) is 5.32 Å². The molecule has 12 heavy (non-hydrogen) atoms. The van der Waals surface area contributed by atoms with E-state index in [0.29, 0.717) is 6.04 Å². The number of aliphatic hydroxyl groups is 1. The van der Waals surface area contributed by atoms with Crippen LogP contribution in [0.15, 0.2) is 0 Å². The Morgan fingerprint density at radius 2 is 2.08 bits per heavy atom. The summed E-state index contributed by atoms with van der Waals surface area (Å²) in [5, 5.41) is 13.2. The monoisotopic (exact) mass is 281 g/mol. The van der Waals surface area contributed by atoms with E-state index in [-0.39, 0.29) is 6.10 Å². The second-order valence-corrected chi connectivity index (χ2v) is 5.55. The summed E-state index contributed by atoms with van der Waals surface area (Å²) in [7, 11) is 0. The van der Waals surface area contributed by atoms with Crippen LogP contribution in [0.5, 0.6) is 0 Å². The van der Waals surface area contributed by atoms with Gasteiger partial charge in [0.2, 0.25) is 0 Å². The first kappa shape index (κ1) is 9.21. The molecule has 1 aliphatic heterocycles. The number of piperidine rings is 1. The minimum atomic E-state index is -0.0821. The van der Waals surface area contributed by atoms with Gasteiger partial charge >= 0.3 is 0 Å². The Hall–Kier alpha value is 0.650. The van der Waals surface area contributed by atoms with Crippen molar-refractivity contribution < 1.29 is 5.11 Å². The van der Waals surface area contributed by atoms with Crippen LogP contribution in [0.4, 0.5) is 0 Å². The van der Waals surface area contributed by atoms with Crippen molar-refractivity contribution in [2.24, 2.45) is 5.92 Å². The fourth-order valence-corrected chi connectivity index (χ4v) is 3.65. The zero-order valence-electron chi connectivity index (χ0n) is 7.17. The van der Waals surface area contributed by atoms with Crippen molar-refractivity contribution in [2.75, 3.05) is 6.54 Å². The van der Waals surface area contributed by atoms with Crippen LogP contribution in [0.2, 0.25) is 0 Å². The number of hydrogen-bond donors (Lipinski definition) is 2.